The first-order chi connectivity index (χ1) is 15.6. The molecular weight excluding hydrogens is 420 g/mol. The van der Waals surface area contributed by atoms with Gasteiger partial charge in [0, 0.05) is 58.4 Å². The van der Waals surface area contributed by atoms with Crippen molar-refractivity contribution in [2.45, 2.75) is 12.8 Å². The molecule has 32 heavy (non-hydrogen) atoms. The molecule has 0 aliphatic carbocycles. The zero-order valence-electron chi connectivity index (χ0n) is 17.4. The van der Waals surface area contributed by atoms with E-state index in [4.69, 9.17) is 0 Å². The highest BCUT2D eigenvalue weighted by Gasteiger charge is 2.36. The Morgan fingerprint density at radius 3 is 2.53 bits per heavy atom. The number of aromatic nitrogens is 2. The Balaban J connectivity index is 1.78. The number of hydrogen-bond acceptors (Lipinski definition) is 4. The van der Waals surface area contributed by atoms with E-state index in [1.807, 2.05) is 66.3 Å². The lowest BCUT2D eigenvalue weighted by atomic mass is 9.93. The number of benzene rings is 2. The number of carbonyl (C=O) groups excluding carboxylic acids is 2. The van der Waals surface area contributed by atoms with Crippen LogP contribution in [-0.2, 0) is 23.1 Å². The first-order valence-corrected chi connectivity index (χ1v) is 10.8. The number of aliphatic imine (C=N–C) groups is 1. The lowest BCUT2D eigenvalue weighted by Crippen LogP contribution is -2.22. The minimum Gasteiger partial charge on any atom is -0.358 e. The molecule has 0 fully saturated rings. The average molecular weight is 441 g/mol. The van der Waals surface area contributed by atoms with Crippen molar-refractivity contribution in [2.24, 2.45) is 12.0 Å². The molecule has 2 aromatic heterocycles. The maximum absolute atomic E-state index is 13.1. The number of aryl methyl sites for hydroxylation is 2. The second-order valence-electron chi connectivity index (χ2n) is 7.80. The third-order valence-corrected chi connectivity index (χ3v) is 6.02. The van der Waals surface area contributed by atoms with Crippen molar-refractivity contribution in [1.82, 2.24) is 14.9 Å². The molecule has 1 aliphatic heterocycles. The summed E-state index contributed by atoms with van der Waals surface area (Å²) in [6.07, 6.45) is 3.33. The Hall–Kier alpha value is -3.80. The molecule has 0 saturated heterocycles. The number of rotatable bonds is 6. The van der Waals surface area contributed by atoms with Crippen LogP contribution in [0, 0.1) is 0 Å². The summed E-state index contributed by atoms with van der Waals surface area (Å²) in [7, 11) is 1.94. The van der Waals surface area contributed by atoms with E-state index in [9.17, 15) is 9.59 Å². The summed E-state index contributed by atoms with van der Waals surface area (Å²) in [5.74, 6) is -0.747. The van der Waals surface area contributed by atoms with E-state index < -0.39 is 0 Å². The number of para-hydroxylation sites is 2. The van der Waals surface area contributed by atoms with Gasteiger partial charge in [-0.05, 0) is 37.2 Å². The van der Waals surface area contributed by atoms with Gasteiger partial charge in [0.15, 0.2) is 0 Å². The number of fused-ring (bicyclic) bond motifs is 2. The topological polar surface area (TPSA) is 79.2 Å². The average Bonchev–Trinajstić information content (AvgIpc) is 3.41. The highest BCUT2D eigenvalue weighted by molar-refractivity contribution is 7.78. The number of isothiocyanates is 1. The van der Waals surface area contributed by atoms with Gasteiger partial charge < -0.3 is 9.55 Å². The molecule has 158 valence electrons. The predicted molar refractivity (Wildman–Crippen MR) is 129 cm³/mol. The Morgan fingerprint density at radius 2 is 1.72 bits per heavy atom. The SMILES string of the molecule is Cn1cc(C2=C(c3c(CCCN=C=S)[nH]c4ccccc34)C(=O)NC2=O)c2ccccc21. The summed E-state index contributed by atoms with van der Waals surface area (Å²) >= 11 is 4.66. The minimum absolute atomic E-state index is 0.372. The highest BCUT2D eigenvalue weighted by atomic mass is 32.1. The number of carbonyl (C=O) groups is 2. The van der Waals surface area contributed by atoms with Gasteiger partial charge in [-0.1, -0.05) is 36.4 Å². The van der Waals surface area contributed by atoms with Crippen LogP contribution in [-0.4, -0.2) is 33.1 Å². The largest absolute Gasteiger partial charge is 0.358 e. The van der Waals surface area contributed by atoms with Gasteiger partial charge in [-0.15, -0.1) is 0 Å². The van der Waals surface area contributed by atoms with Crippen molar-refractivity contribution in [2.75, 3.05) is 6.54 Å². The summed E-state index contributed by atoms with van der Waals surface area (Å²) in [5, 5.41) is 6.77. The number of amides is 2. The summed E-state index contributed by atoms with van der Waals surface area (Å²) in [6.45, 7) is 0.554. The summed E-state index contributed by atoms with van der Waals surface area (Å²) in [5.41, 5.74) is 5.18. The van der Waals surface area contributed by atoms with Crippen LogP contribution in [0.15, 0.2) is 59.7 Å². The minimum atomic E-state index is -0.374. The van der Waals surface area contributed by atoms with E-state index in [1.54, 1.807) is 0 Å². The van der Waals surface area contributed by atoms with E-state index in [0.29, 0.717) is 24.1 Å². The molecule has 6 nitrogen and oxygen atoms in total. The Labute approximate surface area is 189 Å². The lowest BCUT2D eigenvalue weighted by molar-refractivity contribution is -0.122. The maximum Gasteiger partial charge on any atom is 0.259 e. The molecule has 2 N–H and O–H groups in total. The van der Waals surface area contributed by atoms with Gasteiger partial charge in [0.25, 0.3) is 11.8 Å². The van der Waals surface area contributed by atoms with Gasteiger partial charge in [-0.3, -0.25) is 14.9 Å². The Morgan fingerprint density at radius 1 is 1.00 bits per heavy atom. The highest BCUT2D eigenvalue weighted by Crippen LogP contribution is 2.39. The van der Waals surface area contributed by atoms with Crippen LogP contribution in [0.25, 0.3) is 33.0 Å². The molecule has 4 aromatic rings. The van der Waals surface area contributed by atoms with Gasteiger partial charge in [0.05, 0.1) is 16.3 Å². The van der Waals surface area contributed by atoms with Crippen molar-refractivity contribution >= 4 is 62.1 Å². The van der Waals surface area contributed by atoms with Crippen LogP contribution in [0.2, 0.25) is 0 Å². The Kier molecular flexibility index (Phi) is 5.05. The molecule has 3 heterocycles. The second kappa shape index (κ2) is 8.04. The molecule has 7 heteroatoms. The van der Waals surface area contributed by atoms with E-state index in [0.717, 1.165) is 45.0 Å². The molecule has 0 radical (unpaired) electrons. The van der Waals surface area contributed by atoms with Crippen LogP contribution < -0.4 is 5.32 Å². The maximum atomic E-state index is 13.1. The lowest BCUT2D eigenvalue weighted by Gasteiger charge is -2.07. The van der Waals surface area contributed by atoms with Crippen molar-refractivity contribution < 1.29 is 9.59 Å². The standard InChI is InChI=1S/C25H20N4O2S/c1-29-13-17(15-7-3-5-11-20(15)29)22-23(25(31)28-24(22)30)21-16-8-2-4-9-18(16)27-19(21)10-6-12-26-14-32/h2-5,7-9,11,13,27H,6,10,12H2,1H3,(H,28,30,31). The van der Waals surface area contributed by atoms with Gasteiger partial charge in [0.2, 0.25) is 0 Å². The smallest absolute Gasteiger partial charge is 0.259 e. The number of nitrogens with one attached hydrogen (secondary N) is 2. The third-order valence-electron chi connectivity index (χ3n) is 5.89. The van der Waals surface area contributed by atoms with E-state index in [2.05, 4.69) is 32.7 Å². The van der Waals surface area contributed by atoms with Gasteiger partial charge in [-0.2, -0.15) is 0 Å². The Bertz CT molecular complexity index is 1480. The number of H-pyrrole nitrogens is 1. The fourth-order valence-corrected chi connectivity index (χ4v) is 4.63. The molecule has 1 aliphatic rings. The van der Waals surface area contributed by atoms with Gasteiger partial charge in [-0.25, -0.2) is 4.99 Å². The van der Waals surface area contributed by atoms with E-state index in [1.165, 1.54) is 0 Å². The summed E-state index contributed by atoms with van der Waals surface area (Å²) in [4.78, 5) is 33.6. The molecule has 0 saturated carbocycles. The van der Waals surface area contributed by atoms with Crippen LogP contribution in [0.4, 0.5) is 0 Å². The van der Waals surface area contributed by atoms with Crippen LogP contribution >= 0.6 is 12.2 Å². The van der Waals surface area contributed by atoms with E-state index in [-0.39, 0.29) is 11.8 Å². The number of nitrogens with zero attached hydrogens (tertiary/aromatic N) is 2. The van der Waals surface area contributed by atoms with Gasteiger partial charge in [0.1, 0.15) is 0 Å². The molecule has 2 amide bonds. The second-order valence-corrected chi connectivity index (χ2v) is 7.99. The van der Waals surface area contributed by atoms with Crippen LogP contribution in [0.5, 0.6) is 0 Å². The molecule has 0 unspecified atom stereocenters. The number of hydrogen-bond donors (Lipinski definition) is 2. The molecule has 0 atom stereocenters. The molecular formula is C25H20N4O2S. The molecule has 0 spiro atoms. The van der Waals surface area contributed by atoms with E-state index >= 15 is 0 Å². The zero-order valence-corrected chi connectivity index (χ0v) is 18.3. The van der Waals surface area contributed by atoms with Crippen molar-refractivity contribution in [1.29, 1.82) is 0 Å². The normalized spacial score (nSPS) is 13.8. The fourth-order valence-electron chi connectivity index (χ4n) is 4.54. The van der Waals surface area contributed by atoms with Crippen molar-refractivity contribution in [3.8, 4) is 0 Å². The van der Waals surface area contributed by atoms with Gasteiger partial charge >= 0.3 is 0 Å². The number of aromatic amines is 1. The monoisotopic (exact) mass is 440 g/mol. The predicted octanol–water partition coefficient (Wildman–Crippen LogP) is 4.26. The fraction of sp³-hybridized carbons (Fsp3) is 0.160. The summed E-state index contributed by atoms with van der Waals surface area (Å²) < 4.78 is 1.98. The number of thiocarbonyl (C=S) groups is 1. The van der Waals surface area contributed by atoms with Crippen molar-refractivity contribution in [3.63, 3.8) is 0 Å². The zero-order chi connectivity index (χ0) is 22.2. The van der Waals surface area contributed by atoms with Crippen LogP contribution in [0.3, 0.4) is 0 Å². The van der Waals surface area contributed by atoms with Crippen molar-refractivity contribution in [3.05, 3.63) is 71.5 Å². The number of imide groups is 1. The molecule has 0 bridgehead atoms. The summed E-state index contributed by atoms with van der Waals surface area (Å²) in [6, 6.07) is 15.7. The third kappa shape index (κ3) is 3.19. The quantitative estimate of drug-likeness (QED) is 0.203. The van der Waals surface area contributed by atoms with Crippen LogP contribution in [0.1, 0.15) is 23.2 Å². The first kappa shape index (κ1) is 20.1. The molecule has 5 rings (SSSR count). The first-order valence-electron chi connectivity index (χ1n) is 10.4. The molecule has 2 aromatic carbocycles.